The highest BCUT2D eigenvalue weighted by molar-refractivity contribution is 6.01. The summed E-state index contributed by atoms with van der Waals surface area (Å²) in [4.78, 5) is 22.8. The molecule has 0 aliphatic rings. The molecule has 2 rings (SSSR count). The lowest BCUT2D eigenvalue weighted by atomic mass is 10.1. The van der Waals surface area contributed by atoms with Gasteiger partial charge in [0.25, 0.3) is 0 Å². The molecule has 2 aromatic rings. The Morgan fingerprint density at radius 2 is 2.00 bits per heavy atom. The van der Waals surface area contributed by atoms with Crippen LogP contribution in [-0.2, 0) is 0 Å². The summed E-state index contributed by atoms with van der Waals surface area (Å²) in [6.45, 7) is 3.04. The molecule has 0 saturated heterocycles. The minimum atomic E-state index is -1.10. The third kappa shape index (κ3) is 3.14. The molecule has 0 bridgehead atoms. The van der Waals surface area contributed by atoms with Crippen LogP contribution in [0.1, 0.15) is 28.6 Å². The molecule has 1 heterocycles. The van der Waals surface area contributed by atoms with Crippen LogP contribution in [0.2, 0.25) is 0 Å². The van der Waals surface area contributed by atoms with Gasteiger partial charge in [0.2, 0.25) is 0 Å². The Kier molecular flexibility index (Phi) is 4.26. The van der Waals surface area contributed by atoms with Gasteiger partial charge in [-0.15, -0.1) is 0 Å². The fourth-order valence-electron chi connectivity index (χ4n) is 1.90. The summed E-state index contributed by atoms with van der Waals surface area (Å²) < 4.78 is 4.91. The fourth-order valence-corrected chi connectivity index (χ4v) is 1.90. The minimum Gasteiger partial charge on any atom is -0.507 e. The molecule has 0 aliphatic carbocycles. The zero-order valence-corrected chi connectivity index (χ0v) is 12.0. The van der Waals surface area contributed by atoms with Crippen LogP contribution in [0.3, 0.4) is 0 Å². The lowest BCUT2D eigenvalue weighted by molar-refractivity contribution is 0.0698. The van der Waals surface area contributed by atoms with Gasteiger partial charge in [-0.25, -0.2) is 9.59 Å². The van der Waals surface area contributed by atoms with Crippen molar-refractivity contribution in [3.05, 3.63) is 57.6 Å². The van der Waals surface area contributed by atoms with Crippen LogP contribution in [0.25, 0.3) is 0 Å². The van der Waals surface area contributed by atoms with Crippen molar-refractivity contribution >= 4 is 17.4 Å². The van der Waals surface area contributed by atoms with Crippen LogP contribution in [0.5, 0.6) is 5.75 Å². The van der Waals surface area contributed by atoms with Gasteiger partial charge in [-0.2, -0.15) is 5.10 Å². The van der Waals surface area contributed by atoms with E-state index in [-0.39, 0.29) is 34.0 Å². The molecule has 0 atom stereocenters. The summed E-state index contributed by atoms with van der Waals surface area (Å²) in [5.41, 5.74) is 2.27. The van der Waals surface area contributed by atoms with Crippen LogP contribution in [0, 0.1) is 6.92 Å². The summed E-state index contributed by atoms with van der Waals surface area (Å²) >= 11 is 0. The van der Waals surface area contributed by atoms with E-state index in [2.05, 4.69) is 10.5 Å². The van der Waals surface area contributed by atoms with E-state index >= 15 is 0 Å². The van der Waals surface area contributed by atoms with Gasteiger partial charge in [0.1, 0.15) is 17.1 Å². The first-order valence-electron chi connectivity index (χ1n) is 6.37. The van der Waals surface area contributed by atoms with Gasteiger partial charge < -0.3 is 14.6 Å². The van der Waals surface area contributed by atoms with E-state index in [0.29, 0.717) is 0 Å². The second-order valence-electron chi connectivity index (χ2n) is 4.56. The van der Waals surface area contributed by atoms with Crippen molar-refractivity contribution in [1.82, 2.24) is 0 Å². The molecular weight excluding hydrogens is 288 g/mol. The summed E-state index contributed by atoms with van der Waals surface area (Å²) in [6, 6.07) is 7.51. The van der Waals surface area contributed by atoms with E-state index < -0.39 is 11.6 Å². The lowest BCUT2D eigenvalue weighted by Crippen LogP contribution is -2.14. The molecule has 3 N–H and O–H groups in total. The number of hydrogen-bond acceptors (Lipinski definition) is 6. The molecule has 0 radical (unpaired) electrons. The molecule has 0 aliphatic heterocycles. The Morgan fingerprint density at radius 3 is 2.64 bits per heavy atom. The summed E-state index contributed by atoms with van der Waals surface area (Å²) in [6.07, 6.45) is 0. The van der Waals surface area contributed by atoms with Gasteiger partial charge in [-0.1, -0.05) is 12.1 Å². The molecule has 0 spiro atoms. The minimum absolute atomic E-state index is 0.0409. The molecule has 0 amide bonds. The fraction of sp³-hybridized carbons (Fsp3) is 0.133. The second kappa shape index (κ2) is 6.13. The average molecular weight is 302 g/mol. The predicted octanol–water partition coefficient (Wildman–Crippen LogP) is 2.19. The van der Waals surface area contributed by atoms with Crippen LogP contribution in [0.4, 0.5) is 5.69 Å². The maximum absolute atomic E-state index is 11.8. The largest absolute Gasteiger partial charge is 0.507 e. The van der Waals surface area contributed by atoms with E-state index in [1.54, 1.807) is 19.1 Å². The normalized spacial score (nSPS) is 11.3. The number of aromatic carboxylic acids is 1. The van der Waals surface area contributed by atoms with Gasteiger partial charge >= 0.3 is 11.6 Å². The Balaban J connectivity index is 2.36. The number of rotatable bonds is 4. The first kappa shape index (κ1) is 15.3. The molecule has 0 saturated carbocycles. The Bertz CT molecular complexity index is 808. The van der Waals surface area contributed by atoms with Gasteiger partial charge in [0, 0.05) is 6.07 Å². The monoisotopic (exact) mass is 302 g/mol. The zero-order chi connectivity index (χ0) is 16.3. The number of nitrogens with zero attached hydrogens (tertiary/aromatic N) is 1. The number of aryl methyl sites for hydroxylation is 1. The molecule has 1 aromatic carbocycles. The molecular formula is C15H14N2O5. The SMILES string of the molecule is CC(=NNc1ccccc1C(=O)O)c1c(O)cc(C)oc1=O. The Morgan fingerprint density at radius 1 is 1.32 bits per heavy atom. The number of aromatic hydroxyl groups is 1. The summed E-state index contributed by atoms with van der Waals surface area (Å²) in [5.74, 6) is -1.07. The number of carboxylic acids is 1. The zero-order valence-electron chi connectivity index (χ0n) is 12.0. The quantitative estimate of drug-likeness (QED) is 0.589. The van der Waals surface area contributed by atoms with E-state index in [9.17, 15) is 14.7 Å². The number of hydrogen-bond donors (Lipinski definition) is 3. The van der Waals surface area contributed by atoms with Crippen LogP contribution < -0.4 is 11.1 Å². The van der Waals surface area contributed by atoms with Crippen molar-refractivity contribution in [2.24, 2.45) is 5.10 Å². The number of carbonyl (C=O) groups is 1. The number of hydrazone groups is 1. The number of nitrogens with one attached hydrogen (secondary N) is 1. The van der Waals surface area contributed by atoms with Gasteiger partial charge in [0.15, 0.2) is 0 Å². The van der Waals surface area contributed by atoms with E-state index in [0.717, 1.165) is 0 Å². The lowest BCUT2D eigenvalue weighted by Gasteiger charge is -2.07. The highest BCUT2D eigenvalue weighted by atomic mass is 16.4. The van der Waals surface area contributed by atoms with Crippen molar-refractivity contribution in [1.29, 1.82) is 0 Å². The highest BCUT2D eigenvalue weighted by Crippen LogP contribution is 2.17. The highest BCUT2D eigenvalue weighted by Gasteiger charge is 2.14. The predicted molar refractivity (Wildman–Crippen MR) is 80.6 cm³/mol. The number of anilines is 1. The van der Waals surface area contributed by atoms with Crippen molar-refractivity contribution in [2.75, 3.05) is 5.43 Å². The Hall–Kier alpha value is -3.09. The van der Waals surface area contributed by atoms with Gasteiger partial charge in [-0.3, -0.25) is 5.43 Å². The van der Waals surface area contributed by atoms with Crippen molar-refractivity contribution in [3.8, 4) is 5.75 Å². The Labute approximate surface area is 125 Å². The van der Waals surface area contributed by atoms with Crippen molar-refractivity contribution in [2.45, 2.75) is 13.8 Å². The third-order valence-corrected chi connectivity index (χ3v) is 2.92. The van der Waals surface area contributed by atoms with Crippen molar-refractivity contribution < 1.29 is 19.4 Å². The maximum Gasteiger partial charge on any atom is 0.348 e. The number of para-hydroxylation sites is 1. The average Bonchev–Trinajstić information content (AvgIpc) is 2.44. The summed E-state index contributed by atoms with van der Waals surface area (Å²) in [5, 5.41) is 22.8. The number of benzene rings is 1. The van der Waals surface area contributed by atoms with Crippen LogP contribution in [-0.4, -0.2) is 21.9 Å². The molecule has 7 heteroatoms. The first-order valence-corrected chi connectivity index (χ1v) is 6.37. The molecule has 0 fully saturated rings. The van der Waals surface area contributed by atoms with Crippen LogP contribution in [0.15, 0.2) is 44.6 Å². The third-order valence-electron chi connectivity index (χ3n) is 2.92. The van der Waals surface area contributed by atoms with E-state index in [1.165, 1.54) is 25.1 Å². The topological polar surface area (TPSA) is 112 Å². The van der Waals surface area contributed by atoms with Crippen molar-refractivity contribution in [3.63, 3.8) is 0 Å². The molecule has 114 valence electrons. The first-order chi connectivity index (χ1) is 10.4. The summed E-state index contributed by atoms with van der Waals surface area (Å²) in [7, 11) is 0. The van der Waals surface area contributed by atoms with Gasteiger partial charge in [-0.05, 0) is 26.0 Å². The maximum atomic E-state index is 11.8. The van der Waals surface area contributed by atoms with E-state index in [1.807, 2.05) is 0 Å². The van der Waals surface area contributed by atoms with Crippen LogP contribution >= 0.6 is 0 Å². The molecule has 7 nitrogen and oxygen atoms in total. The number of carboxylic acid groups (broad SMARTS) is 1. The molecule has 22 heavy (non-hydrogen) atoms. The van der Waals surface area contributed by atoms with E-state index in [4.69, 9.17) is 9.52 Å². The standard InChI is InChI=1S/C15H14N2O5/c1-8-7-12(18)13(15(21)22-8)9(2)16-17-11-6-4-3-5-10(11)14(19)20/h3-7,17-18H,1-2H3,(H,19,20). The molecule has 1 aromatic heterocycles. The molecule has 0 unspecified atom stereocenters. The van der Waals surface area contributed by atoms with Gasteiger partial charge in [0.05, 0.1) is 17.0 Å². The smallest absolute Gasteiger partial charge is 0.348 e. The second-order valence-corrected chi connectivity index (χ2v) is 4.56.